The number of rotatable bonds is 2. The van der Waals surface area contributed by atoms with Gasteiger partial charge in [-0.15, -0.1) is 0 Å². The van der Waals surface area contributed by atoms with Crippen molar-refractivity contribution >= 4 is 5.97 Å². The summed E-state index contributed by atoms with van der Waals surface area (Å²) < 4.78 is 7.12. The van der Waals surface area contributed by atoms with E-state index in [0.29, 0.717) is 5.56 Å². The van der Waals surface area contributed by atoms with Crippen LogP contribution in [0.4, 0.5) is 0 Å². The lowest BCUT2D eigenvalue weighted by Gasteiger charge is -2.18. The number of fused-ring (bicyclic) bond motifs is 1. The van der Waals surface area contributed by atoms with Crippen molar-refractivity contribution in [3.05, 3.63) is 69.6 Å². The minimum absolute atomic E-state index is 0.212. The Balaban J connectivity index is 1.84. The second-order valence-electron chi connectivity index (χ2n) is 5.70. The predicted octanol–water partition coefficient (Wildman–Crippen LogP) is 3.01. The number of carbonyl (C=O) groups excluding carboxylic acids is 1. The second-order valence-corrected chi connectivity index (χ2v) is 5.70. The largest absolute Gasteiger partial charge is 0.454 e. The molecular weight excluding hydrogens is 278 g/mol. The summed E-state index contributed by atoms with van der Waals surface area (Å²) in [5, 5.41) is 0. The molecule has 0 amide bonds. The maximum Gasteiger partial charge on any atom is 0.338 e. The van der Waals surface area contributed by atoms with Crippen LogP contribution in [0.3, 0.4) is 0 Å². The van der Waals surface area contributed by atoms with Gasteiger partial charge >= 0.3 is 5.97 Å². The van der Waals surface area contributed by atoms with Crippen molar-refractivity contribution in [3.63, 3.8) is 0 Å². The normalized spacial score (nSPS) is 17.4. The maximum atomic E-state index is 12.3. The first-order chi connectivity index (χ1) is 10.6. The molecule has 0 spiro atoms. The molecule has 0 saturated heterocycles. The highest BCUT2D eigenvalue weighted by Gasteiger charge is 2.22. The van der Waals surface area contributed by atoms with Crippen LogP contribution >= 0.6 is 0 Å². The molecular formula is C18H19NO3. The Kier molecular flexibility index (Phi) is 4.09. The molecule has 3 rings (SSSR count). The minimum atomic E-state index is -0.431. The standard InChI is InChI=1S/C18H19NO3/c1-19-11-10-14(12-17(19)20)18(21)22-16-9-5-3-7-13-6-2-4-8-15(13)16/h2,4,6,8,10-12,16H,3,5,7,9H2,1H3. The zero-order valence-corrected chi connectivity index (χ0v) is 12.6. The van der Waals surface area contributed by atoms with Gasteiger partial charge in [0, 0.05) is 19.3 Å². The Morgan fingerprint density at radius 2 is 2.05 bits per heavy atom. The van der Waals surface area contributed by atoms with Crippen LogP contribution in [0.2, 0.25) is 0 Å². The van der Waals surface area contributed by atoms with Gasteiger partial charge in [-0.3, -0.25) is 4.79 Å². The van der Waals surface area contributed by atoms with Gasteiger partial charge < -0.3 is 9.30 Å². The van der Waals surface area contributed by atoms with Gasteiger partial charge in [0.1, 0.15) is 6.10 Å². The zero-order chi connectivity index (χ0) is 15.5. The predicted molar refractivity (Wildman–Crippen MR) is 83.8 cm³/mol. The van der Waals surface area contributed by atoms with Crippen LogP contribution in [0.25, 0.3) is 0 Å². The van der Waals surface area contributed by atoms with Crippen molar-refractivity contribution in [3.8, 4) is 0 Å². The molecule has 22 heavy (non-hydrogen) atoms. The van der Waals surface area contributed by atoms with Crippen LogP contribution < -0.4 is 5.56 Å². The molecule has 1 unspecified atom stereocenters. The third-order valence-corrected chi connectivity index (χ3v) is 4.15. The topological polar surface area (TPSA) is 48.3 Å². The molecule has 1 heterocycles. The molecule has 1 aromatic carbocycles. The lowest BCUT2D eigenvalue weighted by atomic mass is 10.0. The van der Waals surface area contributed by atoms with Gasteiger partial charge in [-0.2, -0.15) is 0 Å². The number of ether oxygens (including phenoxy) is 1. The third kappa shape index (κ3) is 2.96. The van der Waals surface area contributed by atoms with Crippen LogP contribution in [0.1, 0.15) is 46.9 Å². The van der Waals surface area contributed by atoms with Crippen molar-refractivity contribution in [2.24, 2.45) is 7.05 Å². The van der Waals surface area contributed by atoms with E-state index in [1.54, 1.807) is 19.3 Å². The van der Waals surface area contributed by atoms with Crippen molar-refractivity contribution in [2.45, 2.75) is 31.8 Å². The summed E-state index contributed by atoms with van der Waals surface area (Å²) in [6.07, 6.45) is 5.35. The number of esters is 1. The average Bonchev–Trinajstić information content (AvgIpc) is 2.73. The first-order valence-corrected chi connectivity index (χ1v) is 7.60. The van der Waals surface area contributed by atoms with E-state index >= 15 is 0 Å². The lowest BCUT2D eigenvalue weighted by molar-refractivity contribution is 0.0275. The highest BCUT2D eigenvalue weighted by atomic mass is 16.5. The summed E-state index contributed by atoms with van der Waals surface area (Å²) in [6, 6.07) is 11.1. The number of aryl methyl sites for hydroxylation is 2. The summed E-state index contributed by atoms with van der Waals surface area (Å²) in [6.45, 7) is 0. The van der Waals surface area contributed by atoms with Gasteiger partial charge in [0.2, 0.25) is 0 Å². The van der Waals surface area contributed by atoms with Crippen molar-refractivity contribution in [1.82, 2.24) is 4.57 Å². The maximum absolute atomic E-state index is 12.3. The summed E-state index contributed by atoms with van der Waals surface area (Å²) in [5.74, 6) is -0.431. The van der Waals surface area contributed by atoms with Crippen LogP contribution in [0.15, 0.2) is 47.4 Å². The molecule has 2 aromatic rings. The number of nitrogens with zero attached hydrogens (tertiary/aromatic N) is 1. The second kappa shape index (κ2) is 6.18. The fraction of sp³-hybridized carbons (Fsp3) is 0.333. The van der Waals surface area contributed by atoms with E-state index in [2.05, 4.69) is 6.07 Å². The van der Waals surface area contributed by atoms with Crippen molar-refractivity contribution in [2.75, 3.05) is 0 Å². The highest BCUT2D eigenvalue weighted by Crippen LogP contribution is 2.31. The smallest absolute Gasteiger partial charge is 0.338 e. The first-order valence-electron chi connectivity index (χ1n) is 7.60. The Bertz CT molecular complexity index is 748. The molecule has 0 bridgehead atoms. The van der Waals surface area contributed by atoms with E-state index in [4.69, 9.17) is 4.74 Å². The van der Waals surface area contributed by atoms with Gasteiger partial charge in [-0.25, -0.2) is 4.79 Å². The van der Waals surface area contributed by atoms with E-state index in [-0.39, 0.29) is 11.7 Å². The Morgan fingerprint density at radius 3 is 2.86 bits per heavy atom. The van der Waals surface area contributed by atoms with E-state index < -0.39 is 5.97 Å². The van der Waals surface area contributed by atoms with E-state index in [1.807, 2.05) is 18.2 Å². The minimum Gasteiger partial charge on any atom is -0.454 e. The number of carbonyl (C=O) groups is 1. The van der Waals surface area contributed by atoms with Crippen LogP contribution in [-0.4, -0.2) is 10.5 Å². The van der Waals surface area contributed by atoms with Crippen LogP contribution in [-0.2, 0) is 18.2 Å². The van der Waals surface area contributed by atoms with E-state index in [9.17, 15) is 9.59 Å². The van der Waals surface area contributed by atoms with Crippen LogP contribution in [0.5, 0.6) is 0 Å². The third-order valence-electron chi connectivity index (χ3n) is 4.15. The Morgan fingerprint density at radius 1 is 1.23 bits per heavy atom. The van der Waals surface area contributed by atoms with Gasteiger partial charge in [-0.05, 0) is 42.9 Å². The summed E-state index contributed by atoms with van der Waals surface area (Å²) >= 11 is 0. The van der Waals surface area contributed by atoms with E-state index in [0.717, 1.165) is 31.2 Å². The summed E-state index contributed by atoms with van der Waals surface area (Å²) in [4.78, 5) is 24.0. The quantitative estimate of drug-likeness (QED) is 0.632. The average molecular weight is 297 g/mol. The molecule has 114 valence electrons. The van der Waals surface area contributed by atoms with Gasteiger partial charge in [-0.1, -0.05) is 24.3 Å². The monoisotopic (exact) mass is 297 g/mol. The lowest BCUT2D eigenvalue weighted by Crippen LogP contribution is -2.19. The Hall–Kier alpha value is -2.36. The fourth-order valence-electron chi connectivity index (χ4n) is 2.87. The van der Waals surface area contributed by atoms with Gasteiger partial charge in [0.05, 0.1) is 5.56 Å². The van der Waals surface area contributed by atoms with E-state index in [1.165, 1.54) is 16.2 Å². The van der Waals surface area contributed by atoms with Gasteiger partial charge in [0.15, 0.2) is 0 Å². The molecule has 0 aliphatic heterocycles. The SMILES string of the molecule is Cn1ccc(C(=O)OC2CCCCc3ccccc32)cc1=O. The molecule has 0 radical (unpaired) electrons. The Labute approximate surface area is 129 Å². The number of hydrogen-bond donors (Lipinski definition) is 0. The molecule has 1 aliphatic rings. The first kappa shape index (κ1) is 14.6. The van der Waals surface area contributed by atoms with Crippen molar-refractivity contribution < 1.29 is 9.53 Å². The molecule has 1 aliphatic carbocycles. The number of benzene rings is 1. The molecule has 0 fully saturated rings. The summed E-state index contributed by atoms with van der Waals surface area (Å²) in [5.41, 5.74) is 2.44. The van der Waals surface area contributed by atoms with Crippen molar-refractivity contribution in [1.29, 1.82) is 0 Å². The fourth-order valence-corrected chi connectivity index (χ4v) is 2.87. The molecule has 4 heteroatoms. The molecule has 4 nitrogen and oxygen atoms in total. The number of aromatic nitrogens is 1. The molecule has 1 atom stereocenters. The van der Waals surface area contributed by atoms with Gasteiger partial charge in [0.25, 0.3) is 5.56 Å². The molecule has 0 N–H and O–H groups in total. The zero-order valence-electron chi connectivity index (χ0n) is 12.6. The number of hydrogen-bond acceptors (Lipinski definition) is 3. The van der Waals surface area contributed by atoms with Crippen LogP contribution in [0, 0.1) is 0 Å². The molecule has 1 aromatic heterocycles. The highest BCUT2D eigenvalue weighted by molar-refractivity contribution is 5.89. The number of pyridine rings is 1. The molecule has 0 saturated carbocycles. The summed E-state index contributed by atoms with van der Waals surface area (Å²) in [7, 11) is 1.65.